The molecule has 0 aliphatic carbocycles. The zero-order valence-electron chi connectivity index (χ0n) is 7.83. The normalized spacial score (nSPS) is 13.3. The molecule has 62 valence electrons. The van der Waals surface area contributed by atoms with E-state index in [1.54, 1.807) is 0 Å². The third-order valence-electron chi connectivity index (χ3n) is 1.41. The van der Waals surface area contributed by atoms with Crippen molar-refractivity contribution in [3.05, 3.63) is 36.2 Å². The van der Waals surface area contributed by atoms with E-state index in [-0.39, 0.29) is 0 Å². The predicted octanol–water partition coefficient (Wildman–Crippen LogP) is 2.93. The van der Waals surface area contributed by atoms with Crippen LogP contribution in [0, 0.1) is 0 Å². The summed E-state index contributed by atoms with van der Waals surface area (Å²) in [5.41, 5.74) is 1.28. The zero-order valence-corrected chi connectivity index (χ0v) is 7.83. The number of nitrogens with zero attached hydrogens (tertiary/aromatic N) is 1. The third-order valence-corrected chi connectivity index (χ3v) is 1.41. The van der Waals surface area contributed by atoms with Crippen LogP contribution in [0.25, 0.3) is 0 Å². The summed E-state index contributed by atoms with van der Waals surface area (Å²) in [4.78, 5) is 2.02. The highest BCUT2D eigenvalue weighted by atomic mass is 15.0. The van der Waals surface area contributed by atoms with Gasteiger partial charge in [0.1, 0.15) is 0 Å². The Morgan fingerprint density at radius 1 is 1.18 bits per heavy atom. The molecule has 0 atom stereocenters. The van der Waals surface area contributed by atoms with Gasteiger partial charge in [0.25, 0.3) is 0 Å². The van der Waals surface area contributed by atoms with Crippen molar-refractivity contribution < 1.29 is 0 Å². The number of hydrogen-bond donors (Lipinski definition) is 0. The van der Waals surface area contributed by atoms with Crippen molar-refractivity contribution in [1.29, 1.82) is 0 Å². The molecule has 0 aromatic carbocycles. The van der Waals surface area contributed by atoms with Crippen LogP contribution >= 0.6 is 0 Å². The van der Waals surface area contributed by atoms with E-state index in [0.29, 0.717) is 0 Å². The van der Waals surface area contributed by atoms with Gasteiger partial charge in [-0.1, -0.05) is 17.7 Å². The highest BCUT2D eigenvalue weighted by molar-refractivity contribution is 5.14. The van der Waals surface area contributed by atoms with Gasteiger partial charge in [0.15, 0.2) is 0 Å². The highest BCUT2D eigenvalue weighted by Gasteiger charge is 1.80. The van der Waals surface area contributed by atoms with Gasteiger partial charge < -0.3 is 4.90 Å². The number of allylic oxidation sites excluding steroid dienone is 4. The molecule has 0 rings (SSSR count). The van der Waals surface area contributed by atoms with Crippen molar-refractivity contribution in [2.24, 2.45) is 0 Å². The molecular formula is C10H17N. The van der Waals surface area contributed by atoms with E-state index >= 15 is 0 Å². The molecule has 0 bridgehead atoms. The molecule has 1 heteroatoms. The van der Waals surface area contributed by atoms with Crippen LogP contribution in [0.4, 0.5) is 0 Å². The molecule has 0 aromatic heterocycles. The maximum absolute atomic E-state index is 2.08. The lowest BCUT2D eigenvalue weighted by molar-refractivity contribution is 0.624. The maximum atomic E-state index is 2.08. The Labute approximate surface area is 69.7 Å². The maximum Gasteiger partial charge on any atom is 0.0106 e. The van der Waals surface area contributed by atoms with Crippen molar-refractivity contribution in [3.63, 3.8) is 0 Å². The predicted molar refractivity (Wildman–Crippen MR) is 51.1 cm³/mol. The molecule has 11 heavy (non-hydrogen) atoms. The zero-order chi connectivity index (χ0) is 8.69. The van der Waals surface area contributed by atoms with E-state index in [4.69, 9.17) is 0 Å². The summed E-state index contributed by atoms with van der Waals surface area (Å²) < 4.78 is 0. The summed E-state index contributed by atoms with van der Waals surface area (Å²) >= 11 is 0. The fraction of sp³-hybridized carbons (Fsp3) is 0.400. The SMILES string of the molecule is C/C=C\N(C)/C=C\C(C)=C\C. The second kappa shape index (κ2) is 5.78. The lowest BCUT2D eigenvalue weighted by Gasteiger charge is -2.05. The monoisotopic (exact) mass is 151 g/mol. The topological polar surface area (TPSA) is 3.24 Å². The summed E-state index contributed by atoms with van der Waals surface area (Å²) in [6.45, 7) is 6.13. The van der Waals surface area contributed by atoms with Gasteiger partial charge in [0, 0.05) is 13.2 Å². The Morgan fingerprint density at radius 2 is 1.82 bits per heavy atom. The largest absolute Gasteiger partial charge is 0.358 e. The molecule has 0 aliphatic heterocycles. The van der Waals surface area contributed by atoms with Crippen molar-refractivity contribution in [2.75, 3.05) is 7.05 Å². The molecule has 0 heterocycles. The van der Waals surface area contributed by atoms with Gasteiger partial charge in [-0.15, -0.1) is 0 Å². The summed E-state index contributed by atoms with van der Waals surface area (Å²) in [7, 11) is 2.01. The second-order valence-electron chi connectivity index (χ2n) is 2.50. The van der Waals surface area contributed by atoms with Crippen LogP contribution in [0.1, 0.15) is 20.8 Å². The van der Waals surface area contributed by atoms with Gasteiger partial charge in [-0.3, -0.25) is 0 Å². The standard InChI is InChI=1S/C10H17N/c1-5-8-11(4)9-7-10(3)6-2/h5-9H,1-4H3/b8-5-,9-7-,10-6+. The first-order valence-electron chi connectivity index (χ1n) is 3.86. The molecule has 0 N–H and O–H groups in total. The van der Waals surface area contributed by atoms with Gasteiger partial charge in [-0.2, -0.15) is 0 Å². The van der Waals surface area contributed by atoms with Crippen molar-refractivity contribution in [1.82, 2.24) is 4.90 Å². The molecule has 0 radical (unpaired) electrons. The van der Waals surface area contributed by atoms with Crippen LogP contribution in [-0.4, -0.2) is 11.9 Å². The molecule has 0 amide bonds. The quantitative estimate of drug-likeness (QED) is 0.560. The smallest absolute Gasteiger partial charge is 0.0106 e. The van der Waals surface area contributed by atoms with E-state index < -0.39 is 0 Å². The van der Waals surface area contributed by atoms with Crippen LogP contribution in [-0.2, 0) is 0 Å². The van der Waals surface area contributed by atoms with Crippen molar-refractivity contribution in [3.8, 4) is 0 Å². The first kappa shape index (κ1) is 10.0. The fourth-order valence-corrected chi connectivity index (χ4v) is 0.616. The van der Waals surface area contributed by atoms with Crippen LogP contribution in [0.3, 0.4) is 0 Å². The molecule has 0 aromatic rings. The Morgan fingerprint density at radius 3 is 2.27 bits per heavy atom. The molecule has 0 fully saturated rings. The van der Waals surface area contributed by atoms with Gasteiger partial charge >= 0.3 is 0 Å². The van der Waals surface area contributed by atoms with E-state index in [2.05, 4.69) is 19.1 Å². The minimum atomic E-state index is 1.28. The molecule has 0 saturated heterocycles. The molecule has 0 saturated carbocycles. The Balaban J connectivity index is 3.92. The average molecular weight is 151 g/mol. The van der Waals surface area contributed by atoms with Crippen molar-refractivity contribution in [2.45, 2.75) is 20.8 Å². The average Bonchev–Trinajstić information content (AvgIpc) is 2.01. The van der Waals surface area contributed by atoms with E-state index in [0.717, 1.165) is 0 Å². The van der Waals surface area contributed by atoms with Crippen LogP contribution < -0.4 is 0 Å². The Bertz CT molecular complexity index is 175. The molecular weight excluding hydrogens is 134 g/mol. The minimum Gasteiger partial charge on any atom is -0.358 e. The Hall–Kier alpha value is -0.980. The van der Waals surface area contributed by atoms with Crippen molar-refractivity contribution >= 4 is 0 Å². The molecule has 0 spiro atoms. The van der Waals surface area contributed by atoms with Crippen LogP contribution in [0.15, 0.2) is 36.2 Å². The third kappa shape index (κ3) is 5.46. The van der Waals surface area contributed by atoms with Crippen LogP contribution in [0.5, 0.6) is 0 Å². The summed E-state index contributed by atoms with van der Waals surface area (Å²) in [5, 5.41) is 0. The highest BCUT2D eigenvalue weighted by Crippen LogP contribution is 1.95. The lowest BCUT2D eigenvalue weighted by atomic mass is 10.3. The van der Waals surface area contributed by atoms with E-state index in [1.807, 2.05) is 44.3 Å². The Kier molecular flexibility index (Phi) is 5.26. The first-order chi connectivity index (χ1) is 5.20. The first-order valence-corrected chi connectivity index (χ1v) is 3.86. The molecule has 0 unspecified atom stereocenters. The second-order valence-corrected chi connectivity index (χ2v) is 2.50. The number of rotatable bonds is 3. The van der Waals surface area contributed by atoms with Crippen LogP contribution in [0.2, 0.25) is 0 Å². The summed E-state index contributed by atoms with van der Waals surface area (Å²) in [6, 6.07) is 0. The summed E-state index contributed by atoms with van der Waals surface area (Å²) in [6.07, 6.45) is 10.2. The lowest BCUT2D eigenvalue weighted by Crippen LogP contribution is -1.98. The van der Waals surface area contributed by atoms with E-state index in [9.17, 15) is 0 Å². The van der Waals surface area contributed by atoms with Gasteiger partial charge in [-0.25, -0.2) is 0 Å². The van der Waals surface area contributed by atoms with Gasteiger partial charge in [0.05, 0.1) is 0 Å². The molecule has 0 aliphatic rings. The fourth-order valence-electron chi connectivity index (χ4n) is 0.616. The van der Waals surface area contributed by atoms with E-state index in [1.165, 1.54) is 5.57 Å². The minimum absolute atomic E-state index is 1.28. The number of hydrogen-bond acceptors (Lipinski definition) is 1. The molecule has 1 nitrogen and oxygen atoms in total. The summed E-state index contributed by atoms with van der Waals surface area (Å²) in [5.74, 6) is 0. The van der Waals surface area contributed by atoms with Gasteiger partial charge in [-0.05, 0) is 33.0 Å². The van der Waals surface area contributed by atoms with Gasteiger partial charge in [0.2, 0.25) is 0 Å².